The predicted molar refractivity (Wildman–Crippen MR) is 76.0 cm³/mol. The summed E-state index contributed by atoms with van der Waals surface area (Å²) in [6, 6.07) is 2.03. The van der Waals surface area contributed by atoms with Gasteiger partial charge in [-0.05, 0) is 32.8 Å². The summed E-state index contributed by atoms with van der Waals surface area (Å²) in [5, 5.41) is 7.99. The second-order valence-electron chi connectivity index (χ2n) is 4.74. The number of carbonyl (C=O) groups is 1. The lowest BCUT2D eigenvalue weighted by Gasteiger charge is -2.30. The van der Waals surface area contributed by atoms with Crippen molar-refractivity contribution in [3.05, 3.63) is 23.0 Å². The molecule has 19 heavy (non-hydrogen) atoms. The zero-order valence-electron chi connectivity index (χ0n) is 12.3. The first-order valence-corrected chi connectivity index (χ1v) is 6.87. The quantitative estimate of drug-likeness (QED) is 0.848. The van der Waals surface area contributed by atoms with Crippen molar-refractivity contribution in [2.45, 2.75) is 46.6 Å². The fourth-order valence-corrected chi connectivity index (χ4v) is 2.24. The van der Waals surface area contributed by atoms with Crippen LogP contribution in [0, 0.1) is 13.8 Å². The first-order valence-electron chi connectivity index (χ1n) is 6.87. The molecule has 0 fully saturated rings. The van der Waals surface area contributed by atoms with E-state index in [0.717, 1.165) is 18.5 Å². The summed E-state index contributed by atoms with van der Waals surface area (Å²) in [6.07, 6.45) is 1.86. The molecule has 0 bridgehead atoms. The minimum atomic E-state index is 0.00894. The van der Waals surface area contributed by atoms with Crippen molar-refractivity contribution in [1.82, 2.24) is 15.1 Å². The Kier molecular flexibility index (Phi) is 5.89. The Labute approximate surface area is 115 Å². The molecule has 0 saturated carbocycles. The second kappa shape index (κ2) is 7.19. The normalized spacial score (nSPS) is 10.8. The maximum Gasteiger partial charge on any atom is 0.256 e. The maximum atomic E-state index is 12.7. The van der Waals surface area contributed by atoms with Crippen LogP contribution in [0.3, 0.4) is 0 Å². The van der Waals surface area contributed by atoms with Crippen LogP contribution in [0.2, 0.25) is 0 Å². The third-order valence-electron chi connectivity index (χ3n) is 3.35. The Morgan fingerprint density at radius 2 is 1.95 bits per heavy atom. The van der Waals surface area contributed by atoms with Gasteiger partial charge in [-0.3, -0.25) is 4.79 Å². The van der Waals surface area contributed by atoms with Crippen LogP contribution < -0.4 is 5.73 Å². The standard InChI is InChI=1S/C14H24N4O/c1-5-12(6-2)18(8-7-15)14(19)13-9-10(3)16-17-11(13)4/h9,12H,5-8,15H2,1-4H3. The fraction of sp³-hybridized carbons (Fsp3) is 0.643. The average Bonchev–Trinajstić information content (AvgIpc) is 2.41. The van der Waals surface area contributed by atoms with Crippen LogP contribution in [0.1, 0.15) is 48.4 Å². The van der Waals surface area contributed by atoms with Gasteiger partial charge in [0.15, 0.2) is 0 Å². The highest BCUT2D eigenvalue weighted by atomic mass is 16.2. The zero-order valence-corrected chi connectivity index (χ0v) is 12.3. The SMILES string of the molecule is CCC(CC)N(CCN)C(=O)c1cc(C)nnc1C. The molecular formula is C14H24N4O. The summed E-state index contributed by atoms with van der Waals surface area (Å²) in [5.41, 5.74) is 7.70. The molecule has 106 valence electrons. The fourth-order valence-electron chi connectivity index (χ4n) is 2.24. The average molecular weight is 264 g/mol. The molecule has 0 unspecified atom stereocenters. The summed E-state index contributed by atoms with van der Waals surface area (Å²) in [4.78, 5) is 14.5. The van der Waals surface area contributed by atoms with E-state index >= 15 is 0 Å². The number of aromatic nitrogens is 2. The highest BCUT2D eigenvalue weighted by Crippen LogP contribution is 2.15. The molecule has 0 aliphatic heterocycles. The molecule has 0 radical (unpaired) electrons. The molecule has 2 N–H and O–H groups in total. The third kappa shape index (κ3) is 3.73. The molecule has 1 amide bonds. The summed E-state index contributed by atoms with van der Waals surface area (Å²) < 4.78 is 0. The van der Waals surface area contributed by atoms with E-state index in [9.17, 15) is 4.79 Å². The third-order valence-corrected chi connectivity index (χ3v) is 3.35. The van der Waals surface area contributed by atoms with E-state index in [-0.39, 0.29) is 11.9 Å². The minimum Gasteiger partial charge on any atom is -0.334 e. The lowest BCUT2D eigenvalue weighted by molar-refractivity contribution is 0.0672. The van der Waals surface area contributed by atoms with Gasteiger partial charge in [0.2, 0.25) is 0 Å². The number of hydrogen-bond donors (Lipinski definition) is 1. The molecule has 1 aromatic rings. The van der Waals surface area contributed by atoms with Crippen molar-refractivity contribution in [2.75, 3.05) is 13.1 Å². The number of aryl methyl sites for hydroxylation is 2. The summed E-state index contributed by atoms with van der Waals surface area (Å²) in [6.45, 7) is 8.88. The van der Waals surface area contributed by atoms with Gasteiger partial charge in [0.05, 0.1) is 17.0 Å². The molecule has 5 heteroatoms. The first-order chi connectivity index (χ1) is 9.04. The van der Waals surface area contributed by atoms with Crippen LogP contribution in [-0.4, -0.2) is 40.1 Å². The summed E-state index contributed by atoms with van der Waals surface area (Å²) >= 11 is 0. The van der Waals surface area contributed by atoms with E-state index in [1.165, 1.54) is 0 Å². The molecule has 0 atom stereocenters. The Balaban J connectivity index is 3.08. The summed E-state index contributed by atoms with van der Waals surface area (Å²) in [7, 11) is 0. The maximum absolute atomic E-state index is 12.7. The van der Waals surface area contributed by atoms with E-state index in [1.54, 1.807) is 6.07 Å². The number of carbonyl (C=O) groups excluding carboxylic acids is 1. The van der Waals surface area contributed by atoms with Gasteiger partial charge in [-0.25, -0.2) is 0 Å². The topological polar surface area (TPSA) is 72.1 Å². The molecule has 1 aromatic heterocycles. The molecule has 0 saturated heterocycles. The molecule has 0 aliphatic rings. The van der Waals surface area contributed by atoms with Crippen LogP contribution >= 0.6 is 0 Å². The summed E-state index contributed by atoms with van der Waals surface area (Å²) in [5.74, 6) is 0.00894. The number of amides is 1. The van der Waals surface area contributed by atoms with Gasteiger partial charge in [-0.2, -0.15) is 10.2 Å². The highest BCUT2D eigenvalue weighted by Gasteiger charge is 2.23. The molecule has 0 spiro atoms. The number of nitrogens with two attached hydrogens (primary N) is 1. The first kappa shape index (κ1) is 15.6. The van der Waals surface area contributed by atoms with E-state index < -0.39 is 0 Å². The van der Waals surface area contributed by atoms with Crippen LogP contribution in [0.25, 0.3) is 0 Å². The lowest BCUT2D eigenvalue weighted by atomic mass is 10.1. The van der Waals surface area contributed by atoms with Crippen molar-refractivity contribution >= 4 is 5.91 Å². The monoisotopic (exact) mass is 264 g/mol. The Bertz CT molecular complexity index is 429. The van der Waals surface area contributed by atoms with Crippen LogP contribution in [0.5, 0.6) is 0 Å². The molecule has 0 aliphatic carbocycles. The molecule has 1 rings (SSSR count). The van der Waals surface area contributed by atoms with Crippen molar-refractivity contribution in [3.63, 3.8) is 0 Å². The predicted octanol–water partition coefficient (Wildman–Crippen LogP) is 1.68. The van der Waals surface area contributed by atoms with Gasteiger partial charge >= 0.3 is 0 Å². The Hall–Kier alpha value is -1.49. The van der Waals surface area contributed by atoms with Gasteiger partial charge in [-0.15, -0.1) is 0 Å². The number of rotatable bonds is 6. The van der Waals surface area contributed by atoms with Crippen molar-refractivity contribution in [1.29, 1.82) is 0 Å². The minimum absolute atomic E-state index is 0.00894. The van der Waals surface area contributed by atoms with Crippen molar-refractivity contribution in [3.8, 4) is 0 Å². The van der Waals surface area contributed by atoms with Gasteiger partial charge in [0, 0.05) is 19.1 Å². The zero-order chi connectivity index (χ0) is 14.4. The van der Waals surface area contributed by atoms with E-state index in [2.05, 4.69) is 24.0 Å². The van der Waals surface area contributed by atoms with Gasteiger partial charge in [0.25, 0.3) is 5.91 Å². The number of nitrogens with zero attached hydrogens (tertiary/aromatic N) is 3. The smallest absolute Gasteiger partial charge is 0.256 e. The van der Waals surface area contributed by atoms with Gasteiger partial charge in [0.1, 0.15) is 0 Å². The van der Waals surface area contributed by atoms with E-state index in [1.807, 2.05) is 18.7 Å². The van der Waals surface area contributed by atoms with E-state index in [0.29, 0.717) is 24.3 Å². The molecule has 0 aromatic carbocycles. The van der Waals surface area contributed by atoms with Crippen LogP contribution in [0.4, 0.5) is 0 Å². The molecule has 1 heterocycles. The van der Waals surface area contributed by atoms with Crippen molar-refractivity contribution in [2.24, 2.45) is 5.73 Å². The van der Waals surface area contributed by atoms with E-state index in [4.69, 9.17) is 5.73 Å². The van der Waals surface area contributed by atoms with Crippen LogP contribution in [-0.2, 0) is 0 Å². The Morgan fingerprint density at radius 3 is 2.47 bits per heavy atom. The molecular weight excluding hydrogens is 240 g/mol. The van der Waals surface area contributed by atoms with Crippen molar-refractivity contribution < 1.29 is 4.79 Å². The van der Waals surface area contributed by atoms with Gasteiger partial charge in [-0.1, -0.05) is 13.8 Å². The highest BCUT2D eigenvalue weighted by molar-refractivity contribution is 5.95. The lowest BCUT2D eigenvalue weighted by Crippen LogP contribution is -2.43. The Morgan fingerprint density at radius 1 is 1.32 bits per heavy atom. The second-order valence-corrected chi connectivity index (χ2v) is 4.74. The molecule has 5 nitrogen and oxygen atoms in total. The van der Waals surface area contributed by atoms with Gasteiger partial charge < -0.3 is 10.6 Å². The largest absolute Gasteiger partial charge is 0.334 e. The number of hydrogen-bond acceptors (Lipinski definition) is 4. The van der Waals surface area contributed by atoms with Crippen LogP contribution in [0.15, 0.2) is 6.07 Å².